The van der Waals surface area contributed by atoms with E-state index in [4.69, 9.17) is 15.0 Å². The minimum Gasteiger partial charge on any atom is -0.256 e. The lowest BCUT2D eigenvalue weighted by Crippen LogP contribution is -2.01. The van der Waals surface area contributed by atoms with Gasteiger partial charge >= 0.3 is 0 Å². The third-order valence-corrected chi connectivity index (χ3v) is 13.1. The molecule has 10 aromatic rings. The van der Waals surface area contributed by atoms with Gasteiger partial charge in [-0.15, -0.1) is 0 Å². The van der Waals surface area contributed by atoms with Crippen molar-refractivity contribution in [2.45, 2.75) is 46.5 Å². The summed E-state index contributed by atoms with van der Waals surface area (Å²) in [5, 5.41) is 0. The number of hydrogen-bond acceptors (Lipinski definition) is 3. The van der Waals surface area contributed by atoms with Gasteiger partial charge in [0.25, 0.3) is 0 Å². The van der Waals surface area contributed by atoms with Crippen molar-refractivity contribution in [1.29, 1.82) is 0 Å². The van der Waals surface area contributed by atoms with Crippen LogP contribution in [0.3, 0.4) is 0 Å². The molecule has 0 fully saturated rings. The molecule has 3 heterocycles. The summed E-state index contributed by atoms with van der Waals surface area (Å²) < 4.78 is 0. The van der Waals surface area contributed by atoms with E-state index in [2.05, 4.69) is 227 Å². The summed E-state index contributed by atoms with van der Waals surface area (Å²) in [5.41, 5.74) is 24.9. The quantitative estimate of drug-likeness (QED) is 0.116. The van der Waals surface area contributed by atoms with Gasteiger partial charge in [0, 0.05) is 40.8 Å². The van der Waals surface area contributed by atoms with E-state index in [1.165, 1.54) is 77.9 Å². The fraction of sp³-hybridized carbons (Fsp3) is 0.109. The lowest BCUT2D eigenvalue weighted by atomic mass is 9.89. The van der Waals surface area contributed by atoms with E-state index in [0.717, 1.165) is 65.0 Å². The van der Waals surface area contributed by atoms with Crippen LogP contribution in [0.25, 0.3) is 78.3 Å². The van der Waals surface area contributed by atoms with E-state index in [9.17, 15) is 0 Å². The summed E-state index contributed by atoms with van der Waals surface area (Å²) in [4.78, 5) is 14.9. The Hall–Kier alpha value is -8.01. The van der Waals surface area contributed by atoms with Gasteiger partial charge in [-0.1, -0.05) is 176 Å². The lowest BCUT2D eigenvalue weighted by Gasteiger charge is -2.16. The first-order valence-electron chi connectivity index (χ1n) is 23.4. The topological polar surface area (TPSA) is 38.7 Å². The van der Waals surface area contributed by atoms with Crippen LogP contribution < -0.4 is 0 Å². The van der Waals surface area contributed by atoms with Gasteiger partial charge in [0.05, 0.1) is 17.1 Å². The van der Waals surface area contributed by atoms with Gasteiger partial charge in [0.15, 0.2) is 0 Å². The van der Waals surface area contributed by atoms with Crippen LogP contribution in [-0.4, -0.2) is 15.0 Å². The molecule has 0 aliphatic rings. The summed E-state index contributed by atoms with van der Waals surface area (Å²) in [6.45, 7) is 6.64. The SMILES string of the molecule is Cc1cc(-c2ccccc2)ncc1CCc1cc(CCc2cnc(-c3ccccc3)cc2C)cc(-c2ccccc2-c2cnc(-c3cccc(-c4ccc(-c5ccccc5)cc4)c3)cc2C)c1. The number of pyridine rings is 3. The number of rotatable bonds is 13. The van der Waals surface area contributed by atoms with Gasteiger partial charge in [0.1, 0.15) is 0 Å². The Labute approximate surface area is 395 Å². The Bertz CT molecular complexity index is 3190. The summed E-state index contributed by atoms with van der Waals surface area (Å²) >= 11 is 0. The molecule has 3 nitrogen and oxygen atoms in total. The van der Waals surface area contributed by atoms with Crippen LogP contribution in [-0.2, 0) is 25.7 Å². The van der Waals surface area contributed by atoms with E-state index in [1.807, 2.05) is 12.1 Å². The van der Waals surface area contributed by atoms with Crippen molar-refractivity contribution in [2.24, 2.45) is 0 Å². The molecule has 0 saturated carbocycles. The fourth-order valence-corrected chi connectivity index (χ4v) is 9.30. The minimum atomic E-state index is 0.910. The van der Waals surface area contributed by atoms with Crippen molar-refractivity contribution in [3.05, 3.63) is 258 Å². The number of aryl methyl sites for hydroxylation is 7. The van der Waals surface area contributed by atoms with Crippen LogP contribution in [0.1, 0.15) is 38.9 Å². The number of hydrogen-bond donors (Lipinski definition) is 0. The smallest absolute Gasteiger partial charge is 0.0705 e. The third-order valence-electron chi connectivity index (χ3n) is 13.1. The average molecular weight is 864 g/mol. The zero-order chi connectivity index (χ0) is 45.5. The van der Waals surface area contributed by atoms with Crippen molar-refractivity contribution < 1.29 is 0 Å². The second kappa shape index (κ2) is 19.6. The maximum absolute atomic E-state index is 5.13. The largest absolute Gasteiger partial charge is 0.256 e. The molecule has 0 amide bonds. The molecule has 10 rings (SSSR count). The van der Waals surface area contributed by atoms with Crippen molar-refractivity contribution >= 4 is 0 Å². The number of benzene rings is 7. The molecule has 0 N–H and O–H groups in total. The molecular weight excluding hydrogens is 811 g/mol. The Morgan fingerprint density at radius 2 is 0.687 bits per heavy atom. The van der Waals surface area contributed by atoms with Crippen LogP contribution in [0.15, 0.2) is 219 Å². The minimum absolute atomic E-state index is 0.910. The normalized spacial score (nSPS) is 11.1. The Morgan fingerprint density at radius 3 is 1.22 bits per heavy atom. The Balaban J connectivity index is 0.943. The maximum Gasteiger partial charge on any atom is 0.0705 e. The highest BCUT2D eigenvalue weighted by molar-refractivity contribution is 5.86. The van der Waals surface area contributed by atoms with Crippen LogP contribution in [0, 0.1) is 20.8 Å². The highest BCUT2D eigenvalue weighted by atomic mass is 14.7. The summed E-state index contributed by atoms with van der Waals surface area (Å²) in [7, 11) is 0. The second-order valence-electron chi connectivity index (χ2n) is 17.7. The maximum atomic E-state index is 5.13. The number of nitrogens with zero attached hydrogens (tertiary/aromatic N) is 3. The Kier molecular flexibility index (Phi) is 12.6. The first-order chi connectivity index (χ1) is 32.9. The monoisotopic (exact) mass is 863 g/mol. The summed E-state index contributed by atoms with van der Waals surface area (Å²) in [6, 6.07) is 71.7. The highest BCUT2D eigenvalue weighted by Gasteiger charge is 2.15. The molecule has 0 atom stereocenters. The average Bonchev–Trinajstić information content (AvgIpc) is 3.38. The lowest BCUT2D eigenvalue weighted by molar-refractivity contribution is 0.913. The predicted molar refractivity (Wildman–Crippen MR) is 280 cm³/mol. The zero-order valence-electron chi connectivity index (χ0n) is 38.5. The third kappa shape index (κ3) is 9.83. The van der Waals surface area contributed by atoms with Crippen LogP contribution in [0.5, 0.6) is 0 Å². The van der Waals surface area contributed by atoms with E-state index in [-0.39, 0.29) is 0 Å². The molecule has 3 heteroatoms. The predicted octanol–water partition coefficient (Wildman–Crippen LogP) is 16.0. The molecule has 67 heavy (non-hydrogen) atoms. The molecule has 3 aromatic heterocycles. The van der Waals surface area contributed by atoms with Crippen molar-refractivity contribution in [3.63, 3.8) is 0 Å². The van der Waals surface area contributed by atoms with Crippen LogP contribution in [0.4, 0.5) is 0 Å². The first kappa shape index (κ1) is 42.9. The van der Waals surface area contributed by atoms with E-state index in [1.54, 1.807) is 0 Å². The van der Waals surface area contributed by atoms with Gasteiger partial charge in [-0.3, -0.25) is 15.0 Å². The van der Waals surface area contributed by atoms with Gasteiger partial charge in [-0.05, 0) is 149 Å². The molecule has 0 aliphatic heterocycles. The standard InChI is InChI=1S/C64H53N3/c1-44-34-62(52-18-9-5-10-19-52)65-41-56(44)28-26-47-37-48(27-29-57-42-66-63(35-45(57)2)53-20-11-6-12-21-53)39-58(38-47)59-24-13-14-25-60(59)61-43-67-64(36-46(61)3)55-23-15-22-54(40-55)51-32-30-50(31-33-51)49-16-7-4-8-17-49/h4-25,30-43H,26-29H2,1-3H3. The van der Waals surface area contributed by atoms with Gasteiger partial charge < -0.3 is 0 Å². The van der Waals surface area contributed by atoms with Crippen LogP contribution >= 0.6 is 0 Å². The van der Waals surface area contributed by atoms with Crippen molar-refractivity contribution in [2.75, 3.05) is 0 Å². The molecule has 324 valence electrons. The number of aromatic nitrogens is 3. The highest BCUT2D eigenvalue weighted by Crippen LogP contribution is 2.37. The molecule has 7 aromatic carbocycles. The Morgan fingerprint density at radius 1 is 0.269 bits per heavy atom. The van der Waals surface area contributed by atoms with E-state index >= 15 is 0 Å². The van der Waals surface area contributed by atoms with Gasteiger partial charge in [0.2, 0.25) is 0 Å². The summed E-state index contributed by atoms with van der Waals surface area (Å²) in [6.07, 6.45) is 9.86. The molecule has 0 bridgehead atoms. The molecule has 0 radical (unpaired) electrons. The molecular formula is C64H53N3. The fourth-order valence-electron chi connectivity index (χ4n) is 9.30. The second-order valence-corrected chi connectivity index (χ2v) is 17.7. The molecule has 0 aliphatic carbocycles. The van der Waals surface area contributed by atoms with Crippen molar-refractivity contribution in [3.8, 4) is 78.3 Å². The van der Waals surface area contributed by atoms with Crippen LogP contribution in [0.2, 0.25) is 0 Å². The summed E-state index contributed by atoms with van der Waals surface area (Å²) in [5.74, 6) is 0. The van der Waals surface area contributed by atoms with Gasteiger partial charge in [-0.25, -0.2) is 0 Å². The van der Waals surface area contributed by atoms with Crippen molar-refractivity contribution in [1.82, 2.24) is 15.0 Å². The zero-order valence-corrected chi connectivity index (χ0v) is 38.5. The molecule has 0 saturated heterocycles. The van der Waals surface area contributed by atoms with Gasteiger partial charge in [-0.2, -0.15) is 0 Å². The van der Waals surface area contributed by atoms with E-state index < -0.39 is 0 Å². The van der Waals surface area contributed by atoms with E-state index in [0.29, 0.717) is 0 Å². The first-order valence-corrected chi connectivity index (χ1v) is 23.4. The molecule has 0 unspecified atom stereocenters. The molecule has 0 spiro atoms.